The summed E-state index contributed by atoms with van der Waals surface area (Å²) in [6.45, 7) is 1.73. The number of carbonyl (C=O) groups is 1. The van der Waals surface area contributed by atoms with Crippen molar-refractivity contribution < 1.29 is 19.0 Å². The number of carbonyl (C=O) groups excluding carboxylic acids is 1. The Labute approximate surface area is 182 Å². The molecule has 2 fully saturated rings. The first-order valence-electron chi connectivity index (χ1n) is 11.3. The molecular weight excluding hydrogens is 390 g/mol. The van der Waals surface area contributed by atoms with Gasteiger partial charge in [-0.25, -0.2) is 4.79 Å². The summed E-state index contributed by atoms with van der Waals surface area (Å²) < 4.78 is 17.1. The van der Waals surface area contributed by atoms with Crippen molar-refractivity contribution in [3.8, 4) is 11.1 Å². The van der Waals surface area contributed by atoms with E-state index < -0.39 is 0 Å². The van der Waals surface area contributed by atoms with Crippen LogP contribution in [0.25, 0.3) is 11.1 Å². The Morgan fingerprint density at radius 3 is 2.32 bits per heavy atom. The molecule has 5 nitrogen and oxygen atoms in total. The number of fused-ring (bicyclic) bond motifs is 5. The van der Waals surface area contributed by atoms with Crippen molar-refractivity contribution in [3.05, 3.63) is 71.3 Å². The first kappa shape index (κ1) is 19.1. The van der Waals surface area contributed by atoms with E-state index in [1.54, 1.807) is 0 Å². The Morgan fingerprint density at radius 2 is 1.65 bits per heavy atom. The Bertz CT molecular complexity index is 980. The molecule has 0 N–H and O–H groups in total. The Hall–Kier alpha value is -2.63. The lowest BCUT2D eigenvalue weighted by atomic mass is 9.98. The van der Waals surface area contributed by atoms with Gasteiger partial charge in [-0.1, -0.05) is 60.2 Å². The minimum atomic E-state index is -0.182. The molecule has 0 saturated carbocycles. The van der Waals surface area contributed by atoms with Crippen LogP contribution in [0.2, 0.25) is 0 Å². The molecule has 2 bridgehead atoms. The molecule has 3 heterocycles. The van der Waals surface area contributed by atoms with Crippen molar-refractivity contribution in [2.24, 2.45) is 0 Å². The van der Waals surface area contributed by atoms with Gasteiger partial charge in [-0.05, 0) is 41.5 Å². The average Bonchev–Trinajstić information content (AvgIpc) is 3.48. The highest BCUT2D eigenvalue weighted by Crippen LogP contribution is 2.45. The maximum Gasteiger partial charge on any atom is 0.410 e. The maximum absolute atomic E-state index is 13.1. The molecule has 1 aliphatic carbocycles. The van der Waals surface area contributed by atoms with Gasteiger partial charge in [-0.2, -0.15) is 0 Å². The largest absolute Gasteiger partial charge is 0.448 e. The zero-order valence-electron chi connectivity index (χ0n) is 17.5. The highest BCUT2D eigenvalue weighted by molar-refractivity contribution is 5.79. The van der Waals surface area contributed by atoms with E-state index >= 15 is 0 Å². The number of benzene rings is 2. The van der Waals surface area contributed by atoms with Gasteiger partial charge in [0.1, 0.15) is 6.61 Å². The Morgan fingerprint density at radius 1 is 0.968 bits per heavy atom. The van der Waals surface area contributed by atoms with Gasteiger partial charge in [0, 0.05) is 18.4 Å². The molecule has 160 valence electrons. The van der Waals surface area contributed by atoms with Crippen LogP contribution in [0.15, 0.2) is 60.2 Å². The predicted molar refractivity (Wildman–Crippen MR) is 117 cm³/mol. The maximum atomic E-state index is 13.1. The fourth-order valence-corrected chi connectivity index (χ4v) is 5.76. The van der Waals surface area contributed by atoms with Crippen LogP contribution in [-0.2, 0) is 14.2 Å². The van der Waals surface area contributed by atoms with Crippen molar-refractivity contribution in [2.75, 3.05) is 19.8 Å². The number of rotatable bonds is 4. The van der Waals surface area contributed by atoms with Gasteiger partial charge in [0.2, 0.25) is 0 Å². The topological polar surface area (TPSA) is 48.0 Å². The summed E-state index contributed by atoms with van der Waals surface area (Å²) in [5, 5.41) is 0. The SMILES string of the molecule is O=C(OCC1c2ccccc2-c2ccccc21)N1C2C=C(CC3OCCO3)CC1CC2. The van der Waals surface area contributed by atoms with Gasteiger partial charge in [-0.15, -0.1) is 0 Å². The summed E-state index contributed by atoms with van der Waals surface area (Å²) in [5.41, 5.74) is 6.35. The summed E-state index contributed by atoms with van der Waals surface area (Å²) in [6, 6.07) is 17.2. The van der Waals surface area contributed by atoms with E-state index in [2.05, 4.69) is 54.6 Å². The quantitative estimate of drug-likeness (QED) is 0.667. The Kier molecular flexibility index (Phi) is 4.81. The molecule has 0 aromatic heterocycles. The minimum Gasteiger partial charge on any atom is -0.448 e. The number of hydrogen-bond donors (Lipinski definition) is 0. The van der Waals surface area contributed by atoms with Gasteiger partial charge >= 0.3 is 6.09 Å². The van der Waals surface area contributed by atoms with Gasteiger partial charge < -0.3 is 14.2 Å². The third-order valence-electron chi connectivity index (χ3n) is 7.14. The van der Waals surface area contributed by atoms with Crippen molar-refractivity contribution >= 4 is 6.09 Å². The summed E-state index contributed by atoms with van der Waals surface area (Å²) in [6.07, 6.45) is 5.68. The van der Waals surface area contributed by atoms with E-state index in [-0.39, 0.29) is 30.4 Å². The third-order valence-corrected chi connectivity index (χ3v) is 7.14. The lowest BCUT2D eigenvalue weighted by Gasteiger charge is -2.34. The molecule has 2 aromatic carbocycles. The van der Waals surface area contributed by atoms with Gasteiger partial charge in [0.25, 0.3) is 0 Å². The van der Waals surface area contributed by atoms with Crippen LogP contribution in [0.5, 0.6) is 0 Å². The molecule has 2 saturated heterocycles. The highest BCUT2D eigenvalue weighted by Gasteiger charge is 2.41. The molecule has 1 amide bonds. The summed E-state index contributed by atoms with van der Waals surface area (Å²) in [5.74, 6) is 0.0987. The second-order valence-electron chi connectivity index (χ2n) is 8.91. The van der Waals surface area contributed by atoms with Crippen molar-refractivity contribution in [3.63, 3.8) is 0 Å². The van der Waals surface area contributed by atoms with E-state index in [9.17, 15) is 4.79 Å². The van der Waals surface area contributed by atoms with Crippen LogP contribution in [0.1, 0.15) is 42.7 Å². The number of amides is 1. The molecule has 2 atom stereocenters. The van der Waals surface area contributed by atoms with E-state index in [0.717, 1.165) is 25.7 Å². The number of ether oxygens (including phenoxy) is 3. The summed E-state index contributed by atoms with van der Waals surface area (Å²) >= 11 is 0. The zero-order valence-corrected chi connectivity index (χ0v) is 17.5. The van der Waals surface area contributed by atoms with Crippen LogP contribution in [-0.4, -0.2) is 49.2 Å². The van der Waals surface area contributed by atoms with Gasteiger partial charge in [0.15, 0.2) is 6.29 Å². The molecule has 6 rings (SSSR count). The van der Waals surface area contributed by atoms with Crippen LogP contribution in [0.3, 0.4) is 0 Å². The monoisotopic (exact) mass is 417 g/mol. The van der Waals surface area contributed by atoms with Crippen LogP contribution in [0.4, 0.5) is 4.79 Å². The van der Waals surface area contributed by atoms with E-state index in [4.69, 9.17) is 14.2 Å². The fourth-order valence-electron chi connectivity index (χ4n) is 5.76. The van der Waals surface area contributed by atoms with Crippen molar-refractivity contribution in [1.29, 1.82) is 0 Å². The molecule has 2 aromatic rings. The zero-order chi connectivity index (χ0) is 20.8. The van der Waals surface area contributed by atoms with Crippen molar-refractivity contribution in [2.45, 2.75) is 50.0 Å². The highest BCUT2D eigenvalue weighted by atomic mass is 16.7. The van der Waals surface area contributed by atoms with Crippen LogP contribution in [0, 0.1) is 0 Å². The number of nitrogens with zero attached hydrogens (tertiary/aromatic N) is 1. The van der Waals surface area contributed by atoms with Crippen LogP contribution >= 0.6 is 0 Å². The average molecular weight is 418 g/mol. The second-order valence-corrected chi connectivity index (χ2v) is 8.91. The molecule has 3 aliphatic heterocycles. The molecule has 5 heteroatoms. The molecule has 0 spiro atoms. The van der Waals surface area contributed by atoms with E-state index in [1.165, 1.54) is 27.8 Å². The van der Waals surface area contributed by atoms with Gasteiger partial charge in [-0.3, -0.25) is 4.90 Å². The molecule has 0 radical (unpaired) electrons. The third kappa shape index (κ3) is 3.36. The molecule has 31 heavy (non-hydrogen) atoms. The lowest BCUT2D eigenvalue weighted by Crippen LogP contribution is -2.44. The minimum absolute atomic E-state index is 0.0987. The smallest absolute Gasteiger partial charge is 0.410 e. The summed E-state index contributed by atoms with van der Waals surface area (Å²) in [7, 11) is 0. The number of hydrogen-bond acceptors (Lipinski definition) is 4. The molecule has 4 aliphatic rings. The summed E-state index contributed by atoms with van der Waals surface area (Å²) in [4.78, 5) is 15.1. The Balaban J connectivity index is 1.15. The van der Waals surface area contributed by atoms with Crippen LogP contribution < -0.4 is 0 Å². The lowest BCUT2D eigenvalue weighted by molar-refractivity contribution is -0.0411. The molecular formula is C26H27NO4. The second kappa shape index (κ2) is 7.81. The van der Waals surface area contributed by atoms with E-state index in [0.29, 0.717) is 19.8 Å². The fraction of sp³-hybridized carbons (Fsp3) is 0.423. The first-order valence-corrected chi connectivity index (χ1v) is 11.3. The molecule has 2 unspecified atom stereocenters. The standard InChI is InChI=1S/C26H27NO4/c28-26(27-18-9-10-19(27)14-17(13-18)15-25-29-11-12-30-25)31-16-24-22-7-3-1-5-20(22)21-6-2-4-8-23(21)24/h1-8,13,18-19,24-25H,9-12,14-16H2. The first-order chi connectivity index (χ1) is 15.3. The normalized spacial score (nSPS) is 24.8. The predicted octanol–water partition coefficient (Wildman–Crippen LogP) is 4.86. The van der Waals surface area contributed by atoms with E-state index in [1.807, 2.05) is 4.90 Å². The van der Waals surface area contributed by atoms with Gasteiger partial charge in [0.05, 0.1) is 19.3 Å². The van der Waals surface area contributed by atoms with Crippen molar-refractivity contribution in [1.82, 2.24) is 4.90 Å².